The van der Waals surface area contributed by atoms with Gasteiger partial charge in [0.25, 0.3) is 0 Å². The van der Waals surface area contributed by atoms with Gasteiger partial charge in [-0.2, -0.15) is 25.9 Å². The van der Waals surface area contributed by atoms with Crippen molar-refractivity contribution in [2.75, 3.05) is 32.9 Å². The van der Waals surface area contributed by atoms with Crippen molar-refractivity contribution < 1.29 is 45.1 Å². The molecule has 0 unspecified atom stereocenters. The van der Waals surface area contributed by atoms with Crippen molar-refractivity contribution in [3.8, 4) is 17.2 Å². The van der Waals surface area contributed by atoms with Crippen LogP contribution in [-0.4, -0.2) is 61.1 Å². The molecule has 4 rings (SSSR count). The number of carbonyl (C=O) groups is 1. The lowest BCUT2D eigenvalue weighted by Gasteiger charge is -2.30. The Bertz CT molecular complexity index is 1420. The van der Waals surface area contributed by atoms with E-state index in [1.54, 1.807) is 31.2 Å². The van der Waals surface area contributed by atoms with Crippen LogP contribution in [0.25, 0.3) is 11.5 Å². The Balaban J connectivity index is 1.39. The predicted octanol–water partition coefficient (Wildman–Crippen LogP) is 4.15. The first kappa shape index (κ1) is 29.5. The second-order valence-electron chi connectivity index (χ2n) is 8.91. The molecular weight excluding hydrogens is 555 g/mol. The number of alkyl halides is 3. The van der Waals surface area contributed by atoms with Crippen LogP contribution in [0.15, 0.2) is 52.9 Å². The molecule has 14 heteroatoms. The fourth-order valence-corrected chi connectivity index (χ4v) is 5.32. The van der Waals surface area contributed by atoms with Gasteiger partial charge in [-0.25, -0.2) is 4.98 Å². The summed E-state index contributed by atoms with van der Waals surface area (Å²) >= 11 is 0. The lowest BCUT2D eigenvalue weighted by atomic mass is 10.1. The molecule has 0 amide bonds. The zero-order chi connectivity index (χ0) is 28.9. The maximum absolute atomic E-state index is 13.1. The Kier molecular flexibility index (Phi) is 9.13. The molecule has 2 heterocycles. The lowest BCUT2D eigenvalue weighted by molar-refractivity contribution is -0.169. The molecule has 216 valence electrons. The Hall–Kier alpha value is -3.46. The molecule has 3 aromatic rings. The summed E-state index contributed by atoms with van der Waals surface area (Å²) in [4.78, 5) is 21.1. The van der Waals surface area contributed by atoms with E-state index in [-0.39, 0.29) is 45.3 Å². The number of hydrogen-bond donors (Lipinski definition) is 0. The van der Waals surface area contributed by atoms with Gasteiger partial charge in [-0.3, -0.25) is 4.79 Å². The minimum atomic E-state index is -4.43. The Morgan fingerprint density at radius 2 is 1.82 bits per heavy atom. The molecular formula is C26H28F3N3O7S. The first-order valence-electron chi connectivity index (χ1n) is 12.3. The summed E-state index contributed by atoms with van der Waals surface area (Å²) in [5, 5.41) is 0. The van der Waals surface area contributed by atoms with Crippen LogP contribution < -0.4 is 4.74 Å². The predicted molar refractivity (Wildman–Crippen MR) is 136 cm³/mol. The highest BCUT2D eigenvalue weighted by Gasteiger charge is 2.34. The molecule has 0 N–H and O–H groups in total. The van der Waals surface area contributed by atoms with Crippen LogP contribution in [0.4, 0.5) is 13.2 Å². The summed E-state index contributed by atoms with van der Waals surface area (Å²) in [6.45, 7) is 3.57. The topological polar surface area (TPSA) is 111 Å². The number of morpholine rings is 1. The van der Waals surface area contributed by atoms with Gasteiger partial charge in [-0.05, 0) is 53.4 Å². The molecule has 0 atom stereocenters. The maximum atomic E-state index is 13.1. The number of rotatable bonds is 10. The molecule has 40 heavy (non-hydrogen) atoms. The number of aromatic nitrogens is 1. The second-order valence-corrected chi connectivity index (χ2v) is 10.7. The standard InChI is InChI=1S/C26H28F3N3O7S/c1-18-24(30-25(38-18)21-6-8-22(9-7-21)26(27,28)29)10-13-37-23-5-3-4-20(16-23)17-32(39-19(2)33)40(34,35)31-11-14-36-15-12-31/h3-9,16H,10-15,17H2,1-2H3. The SMILES string of the molecule is CC(=O)ON(Cc1cccc(OCCc2nc(-c3ccc(C(F)(F)F)cc3)oc2C)c1)S(=O)(=O)N1CCOCC1. The molecule has 0 aliphatic carbocycles. The van der Waals surface area contributed by atoms with E-state index in [1.807, 2.05) is 0 Å². The molecule has 0 radical (unpaired) electrons. The van der Waals surface area contributed by atoms with E-state index in [0.29, 0.717) is 39.2 Å². The zero-order valence-corrected chi connectivity index (χ0v) is 22.6. The highest BCUT2D eigenvalue weighted by Crippen LogP contribution is 2.31. The van der Waals surface area contributed by atoms with E-state index >= 15 is 0 Å². The van der Waals surface area contributed by atoms with Crippen LogP contribution in [0.1, 0.15) is 29.5 Å². The lowest BCUT2D eigenvalue weighted by Crippen LogP contribution is -2.48. The van der Waals surface area contributed by atoms with Crippen LogP contribution in [0.5, 0.6) is 5.75 Å². The van der Waals surface area contributed by atoms with E-state index in [4.69, 9.17) is 18.7 Å². The fraction of sp³-hybridized carbons (Fsp3) is 0.385. The molecule has 0 saturated carbocycles. The number of carbonyl (C=O) groups excluding carboxylic acids is 1. The van der Waals surface area contributed by atoms with Crippen molar-refractivity contribution >= 4 is 16.2 Å². The van der Waals surface area contributed by atoms with Crippen molar-refractivity contribution in [2.24, 2.45) is 0 Å². The molecule has 0 spiro atoms. The van der Waals surface area contributed by atoms with E-state index in [0.717, 1.165) is 19.1 Å². The van der Waals surface area contributed by atoms with Crippen molar-refractivity contribution in [2.45, 2.75) is 33.0 Å². The smallest absolute Gasteiger partial charge is 0.416 e. The van der Waals surface area contributed by atoms with Crippen LogP contribution in [-0.2, 0) is 43.7 Å². The van der Waals surface area contributed by atoms with Gasteiger partial charge in [-0.1, -0.05) is 12.1 Å². The number of oxazole rings is 1. The van der Waals surface area contributed by atoms with E-state index < -0.39 is 27.9 Å². The quantitative estimate of drug-likeness (QED) is 0.328. The first-order chi connectivity index (χ1) is 18.9. The van der Waals surface area contributed by atoms with Crippen molar-refractivity contribution in [1.29, 1.82) is 0 Å². The molecule has 1 fully saturated rings. The highest BCUT2D eigenvalue weighted by molar-refractivity contribution is 7.86. The van der Waals surface area contributed by atoms with Crippen molar-refractivity contribution in [3.05, 3.63) is 71.1 Å². The molecule has 1 saturated heterocycles. The monoisotopic (exact) mass is 583 g/mol. The summed E-state index contributed by atoms with van der Waals surface area (Å²) in [6.07, 6.45) is -4.08. The van der Waals surface area contributed by atoms with Gasteiger partial charge in [0, 0.05) is 32.0 Å². The molecule has 1 aromatic heterocycles. The Labute approximate surface area is 229 Å². The number of hydroxylamine groups is 1. The number of ether oxygens (including phenoxy) is 2. The Morgan fingerprint density at radius 3 is 2.48 bits per heavy atom. The third-order valence-corrected chi connectivity index (χ3v) is 7.69. The first-order valence-corrected chi connectivity index (χ1v) is 13.7. The second kappa shape index (κ2) is 12.4. The summed E-state index contributed by atoms with van der Waals surface area (Å²) in [7, 11) is -4.09. The highest BCUT2D eigenvalue weighted by atomic mass is 32.2. The van der Waals surface area contributed by atoms with E-state index in [2.05, 4.69) is 4.98 Å². The molecule has 2 aromatic carbocycles. The van der Waals surface area contributed by atoms with Crippen LogP contribution in [0.2, 0.25) is 0 Å². The third kappa shape index (κ3) is 7.38. The summed E-state index contributed by atoms with van der Waals surface area (Å²) in [5.74, 6) is 0.392. The minimum Gasteiger partial charge on any atom is -0.493 e. The molecule has 0 bridgehead atoms. The number of aryl methyl sites for hydroxylation is 1. The van der Waals surface area contributed by atoms with Crippen LogP contribution in [0.3, 0.4) is 0 Å². The van der Waals surface area contributed by atoms with Gasteiger partial charge in [0.1, 0.15) is 11.5 Å². The molecule has 1 aliphatic rings. The number of benzene rings is 2. The van der Waals surface area contributed by atoms with Gasteiger partial charge < -0.3 is 18.7 Å². The summed E-state index contributed by atoms with van der Waals surface area (Å²) in [5.41, 5.74) is 0.770. The number of halogens is 3. The normalized spacial score (nSPS) is 14.8. The van der Waals surface area contributed by atoms with E-state index in [1.165, 1.54) is 16.4 Å². The average Bonchev–Trinajstić information content (AvgIpc) is 3.28. The maximum Gasteiger partial charge on any atom is 0.416 e. The summed E-state index contributed by atoms with van der Waals surface area (Å²) in [6, 6.07) is 11.2. The van der Waals surface area contributed by atoms with Crippen molar-refractivity contribution in [1.82, 2.24) is 13.8 Å². The summed E-state index contributed by atoms with van der Waals surface area (Å²) < 4.78 is 83.1. The minimum absolute atomic E-state index is 0.144. The average molecular weight is 584 g/mol. The fourth-order valence-electron chi connectivity index (χ4n) is 3.94. The Morgan fingerprint density at radius 1 is 1.12 bits per heavy atom. The van der Waals surface area contributed by atoms with Crippen LogP contribution >= 0.6 is 0 Å². The number of hydrogen-bond acceptors (Lipinski definition) is 8. The zero-order valence-electron chi connectivity index (χ0n) is 21.8. The van der Waals surface area contributed by atoms with Crippen LogP contribution in [0, 0.1) is 6.92 Å². The van der Waals surface area contributed by atoms with Gasteiger partial charge in [0.2, 0.25) is 5.89 Å². The van der Waals surface area contributed by atoms with E-state index in [9.17, 15) is 26.4 Å². The van der Waals surface area contributed by atoms with Gasteiger partial charge in [0.05, 0.1) is 37.6 Å². The number of nitrogens with zero attached hydrogens (tertiary/aromatic N) is 3. The van der Waals surface area contributed by atoms with Gasteiger partial charge in [0.15, 0.2) is 0 Å². The van der Waals surface area contributed by atoms with Gasteiger partial charge in [-0.15, -0.1) is 0 Å². The molecule has 10 nitrogen and oxygen atoms in total. The third-order valence-electron chi connectivity index (χ3n) is 5.95. The van der Waals surface area contributed by atoms with Gasteiger partial charge >= 0.3 is 22.4 Å². The molecule has 1 aliphatic heterocycles. The largest absolute Gasteiger partial charge is 0.493 e. The van der Waals surface area contributed by atoms with Crippen molar-refractivity contribution in [3.63, 3.8) is 0 Å².